The first-order valence-corrected chi connectivity index (χ1v) is 6.35. The zero-order valence-electron chi connectivity index (χ0n) is 7.42. The maximum Gasteiger partial charge on any atom is 0.232 e. The fraction of sp³-hybridized carbons (Fsp3) is 1.00. The van der Waals surface area contributed by atoms with Crippen molar-refractivity contribution in [2.75, 3.05) is 19.5 Å². The van der Waals surface area contributed by atoms with Gasteiger partial charge in [-0.25, -0.2) is 8.42 Å². The molecule has 3 nitrogen and oxygen atoms in total. The van der Waals surface area contributed by atoms with E-state index in [1.165, 1.54) is 0 Å². The molecule has 0 bridgehead atoms. The van der Waals surface area contributed by atoms with Gasteiger partial charge in [-0.1, -0.05) is 6.92 Å². The van der Waals surface area contributed by atoms with E-state index in [0.717, 1.165) is 6.42 Å². The van der Waals surface area contributed by atoms with Crippen LogP contribution in [0.4, 0.5) is 0 Å². The number of rotatable bonds is 6. The summed E-state index contributed by atoms with van der Waals surface area (Å²) in [6.45, 7) is 2.66. The molecular formula is C7H15ClO3S. The summed E-state index contributed by atoms with van der Waals surface area (Å²) in [7, 11) is 3.37. The molecule has 0 fully saturated rings. The van der Waals surface area contributed by atoms with Crippen LogP contribution in [0.1, 0.15) is 19.8 Å². The van der Waals surface area contributed by atoms with Crippen LogP contribution in [0.3, 0.4) is 0 Å². The van der Waals surface area contributed by atoms with Crippen LogP contribution in [-0.2, 0) is 13.8 Å². The number of methoxy groups -OCH3 is 1. The lowest BCUT2D eigenvalue weighted by Gasteiger charge is -2.08. The fourth-order valence-electron chi connectivity index (χ4n) is 0.805. The molecule has 0 saturated carbocycles. The Morgan fingerprint density at radius 2 is 2.00 bits per heavy atom. The fourth-order valence-corrected chi connectivity index (χ4v) is 1.76. The summed E-state index contributed by atoms with van der Waals surface area (Å²) in [6, 6.07) is 0. The maximum atomic E-state index is 10.5. The van der Waals surface area contributed by atoms with E-state index in [1.807, 2.05) is 6.92 Å². The highest BCUT2D eigenvalue weighted by Crippen LogP contribution is 2.10. The Balaban J connectivity index is 3.51. The van der Waals surface area contributed by atoms with E-state index in [0.29, 0.717) is 18.9 Å². The summed E-state index contributed by atoms with van der Waals surface area (Å²) >= 11 is 0. The number of hydrogen-bond acceptors (Lipinski definition) is 3. The maximum absolute atomic E-state index is 10.5. The average molecular weight is 215 g/mol. The van der Waals surface area contributed by atoms with Gasteiger partial charge in [0.05, 0.1) is 5.75 Å². The van der Waals surface area contributed by atoms with Gasteiger partial charge in [0.25, 0.3) is 0 Å². The summed E-state index contributed by atoms with van der Waals surface area (Å²) < 4.78 is 25.9. The first-order valence-electron chi connectivity index (χ1n) is 3.87. The van der Waals surface area contributed by atoms with E-state index in [2.05, 4.69) is 0 Å². The topological polar surface area (TPSA) is 43.4 Å². The van der Waals surface area contributed by atoms with Crippen LogP contribution in [-0.4, -0.2) is 27.9 Å². The van der Waals surface area contributed by atoms with Crippen molar-refractivity contribution in [3.63, 3.8) is 0 Å². The van der Waals surface area contributed by atoms with Crippen molar-refractivity contribution < 1.29 is 13.2 Å². The molecule has 0 heterocycles. The third-order valence-electron chi connectivity index (χ3n) is 1.67. The monoisotopic (exact) mass is 214 g/mol. The van der Waals surface area contributed by atoms with Gasteiger partial charge in [-0.15, -0.1) is 0 Å². The SMILES string of the molecule is COCC[C@@H](C)CCS(=O)(=O)Cl. The van der Waals surface area contributed by atoms with Crippen LogP contribution in [0.2, 0.25) is 0 Å². The van der Waals surface area contributed by atoms with Crippen molar-refractivity contribution in [2.24, 2.45) is 5.92 Å². The van der Waals surface area contributed by atoms with E-state index in [-0.39, 0.29) is 5.75 Å². The molecule has 74 valence electrons. The molecular weight excluding hydrogens is 200 g/mol. The molecule has 0 amide bonds. The lowest BCUT2D eigenvalue weighted by molar-refractivity contribution is 0.179. The summed E-state index contributed by atoms with van der Waals surface area (Å²) in [5.41, 5.74) is 0. The van der Waals surface area contributed by atoms with E-state index in [9.17, 15) is 8.42 Å². The molecule has 0 saturated heterocycles. The van der Waals surface area contributed by atoms with Gasteiger partial charge in [0, 0.05) is 24.4 Å². The molecule has 0 aromatic rings. The Bertz CT molecular complexity index is 201. The standard InChI is InChI=1S/C7H15ClO3S/c1-7(3-5-11-2)4-6-12(8,9)10/h7H,3-6H2,1-2H3/t7-/m1/s1. The quantitative estimate of drug-likeness (QED) is 0.631. The third kappa shape index (κ3) is 8.30. The molecule has 12 heavy (non-hydrogen) atoms. The molecule has 0 spiro atoms. The van der Waals surface area contributed by atoms with Gasteiger partial charge in [-0.2, -0.15) is 0 Å². The number of halogens is 1. The van der Waals surface area contributed by atoms with Gasteiger partial charge in [-0.05, 0) is 18.8 Å². The zero-order chi connectivity index (χ0) is 9.61. The molecule has 0 aliphatic rings. The molecule has 0 aliphatic heterocycles. The van der Waals surface area contributed by atoms with E-state index >= 15 is 0 Å². The van der Waals surface area contributed by atoms with Crippen LogP contribution >= 0.6 is 10.7 Å². The predicted molar refractivity (Wildman–Crippen MR) is 49.9 cm³/mol. The Hall–Kier alpha value is 0.200. The predicted octanol–water partition coefficient (Wildman–Crippen LogP) is 1.62. The molecule has 0 rings (SSSR count). The molecule has 0 aromatic carbocycles. The van der Waals surface area contributed by atoms with E-state index in [1.54, 1.807) is 7.11 Å². The third-order valence-corrected chi connectivity index (χ3v) is 2.86. The van der Waals surface area contributed by atoms with Gasteiger partial charge in [0.1, 0.15) is 0 Å². The lowest BCUT2D eigenvalue weighted by Crippen LogP contribution is -2.06. The molecule has 0 unspecified atom stereocenters. The van der Waals surface area contributed by atoms with Gasteiger partial charge in [0.2, 0.25) is 9.05 Å². The summed E-state index contributed by atoms with van der Waals surface area (Å²) in [4.78, 5) is 0. The molecule has 5 heteroatoms. The van der Waals surface area contributed by atoms with Crippen molar-refractivity contribution in [1.29, 1.82) is 0 Å². The van der Waals surface area contributed by atoms with Crippen LogP contribution in [0.15, 0.2) is 0 Å². The van der Waals surface area contributed by atoms with Crippen molar-refractivity contribution in [1.82, 2.24) is 0 Å². The van der Waals surface area contributed by atoms with Crippen molar-refractivity contribution in [2.45, 2.75) is 19.8 Å². The van der Waals surface area contributed by atoms with E-state index < -0.39 is 9.05 Å². The van der Waals surface area contributed by atoms with Crippen LogP contribution in [0.25, 0.3) is 0 Å². The Labute approximate surface area is 78.5 Å². The summed E-state index contributed by atoms with van der Waals surface area (Å²) in [6.07, 6.45) is 1.48. The van der Waals surface area contributed by atoms with Crippen molar-refractivity contribution in [3.8, 4) is 0 Å². The molecule has 1 atom stereocenters. The largest absolute Gasteiger partial charge is 0.385 e. The normalized spacial score (nSPS) is 14.6. The second kappa shape index (κ2) is 5.78. The highest BCUT2D eigenvalue weighted by molar-refractivity contribution is 8.13. The highest BCUT2D eigenvalue weighted by atomic mass is 35.7. The Morgan fingerprint density at radius 1 is 1.42 bits per heavy atom. The molecule has 0 aromatic heterocycles. The zero-order valence-corrected chi connectivity index (χ0v) is 8.99. The molecule has 0 N–H and O–H groups in total. The smallest absolute Gasteiger partial charge is 0.232 e. The number of ether oxygens (including phenoxy) is 1. The van der Waals surface area contributed by atoms with Crippen molar-refractivity contribution in [3.05, 3.63) is 0 Å². The van der Waals surface area contributed by atoms with Crippen molar-refractivity contribution >= 4 is 19.7 Å². The minimum Gasteiger partial charge on any atom is -0.385 e. The molecule has 0 radical (unpaired) electrons. The van der Waals surface area contributed by atoms with Crippen LogP contribution < -0.4 is 0 Å². The van der Waals surface area contributed by atoms with Gasteiger partial charge in [-0.3, -0.25) is 0 Å². The van der Waals surface area contributed by atoms with Crippen LogP contribution in [0.5, 0.6) is 0 Å². The van der Waals surface area contributed by atoms with Gasteiger partial charge < -0.3 is 4.74 Å². The second-order valence-corrected chi connectivity index (χ2v) is 5.81. The van der Waals surface area contributed by atoms with Gasteiger partial charge >= 0.3 is 0 Å². The Morgan fingerprint density at radius 3 is 2.42 bits per heavy atom. The second-order valence-electron chi connectivity index (χ2n) is 2.92. The summed E-state index contributed by atoms with van der Waals surface area (Å²) in [5, 5.41) is 0. The van der Waals surface area contributed by atoms with E-state index in [4.69, 9.17) is 15.4 Å². The average Bonchev–Trinajstić information content (AvgIpc) is 1.95. The van der Waals surface area contributed by atoms with Crippen LogP contribution in [0, 0.1) is 5.92 Å². The lowest BCUT2D eigenvalue weighted by atomic mass is 10.1. The minimum absolute atomic E-state index is 0.0550. The first-order chi connectivity index (χ1) is 5.45. The first kappa shape index (κ1) is 12.2. The molecule has 0 aliphatic carbocycles. The minimum atomic E-state index is -3.31. The number of hydrogen-bond donors (Lipinski definition) is 0. The summed E-state index contributed by atoms with van der Waals surface area (Å²) in [5.74, 6) is 0.401. The van der Waals surface area contributed by atoms with Gasteiger partial charge in [0.15, 0.2) is 0 Å². The Kier molecular flexibility index (Phi) is 5.88. The highest BCUT2D eigenvalue weighted by Gasteiger charge is 2.08.